The molecular weight excluding hydrogens is 392 g/mol. The number of hydrogen-bond acceptors (Lipinski definition) is 6. The number of aryl methyl sites for hydroxylation is 1. The summed E-state index contributed by atoms with van der Waals surface area (Å²) < 4.78 is 9.82. The Bertz CT molecular complexity index is 1170. The predicted octanol–water partition coefficient (Wildman–Crippen LogP) is 3.18. The quantitative estimate of drug-likeness (QED) is 0.534. The Hall–Kier alpha value is -3.33. The Balaban J connectivity index is 1.55. The molecule has 0 bridgehead atoms. The summed E-state index contributed by atoms with van der Waals surface area (Å²) in [7, 11) is 1.91. The highest BCUT2D eigenvalue weighted by Crippen LogP contribution is 2.34. The minimum atomic E-state index is -0.187. The molecule has 9 nitrogen and oxygen atoms in total. The standard InChI is InChI=1S/C22H26N8O/c1-22(2)12-17(5-9-31-22)30-21(27-19(28-30)10-15-13-26-29(3)14-15)16-4-6-23-18(11-16)20-24-7-8-25-20/h4,6-8,11,13-14,17H,5,9-10,12H2,1-3H3,(H,24,25). The maximum absolute atomic E-state index is 5.94. The van der Waals surface area contributed by atoms with Crippen LogP contribution in [0.25, 0.3) is 22.9 Å². The average Bonchev–Trinajstić information content (AvgIpc) is 3.49. The molecule has 1 aliphatic rings. The third-order valence-corrected chi connectivity index (χ3v) is 5.57. The van der Waals surface area contributed by atoms with Gasteiger partial charge in [-0.25, -0.2) is 14.6 Å². The summed E-state index contributed by atoms with van der Waals surface area (Å²) in [4.78, 5) is 16.9. The van der Waals surface area contributed by atoms with Crippen molar-refractivity contribution in [3.05, 3.63) is 54.5 Å². The molecule has 1 saturated heterocycles. The lowest BCUT2D eigenvalue weighted by Gasteiger charge is -2.35. The van der Waals surface area contributed by atoms with Gasteiger partial charge in [-0.15, -0.1) is 0 Å². The van der Waals surface area contributed by atoms with Crippen LogP contribution in [-0.4, -0.2) is 51.7 Å². The van der Waals surface area contributed by atoms with Gasteiger partial charge in [-0.3, -0.25) is 9.67 Å². The Morgan fingerprint density at radius 3 is 2.90 bits per heavy atom. The Morgan fingerprint density at radius 2 is 2.16 bits per heavy atom. The summed E-state index contributed by atoms with van der Waals surface area (Å²) in [5, 5.41) is 9.21. The molecule has 0 radical (unpaired) electrons. The van der Waals surface area contributed by atoms with Crippen LogP contribution in [0.3, 0.4) is 0 Å². The fraction of sp³-hybridized carbons (Fsp3) is 0.409. The Kier molecular flexibility index (Phi) is 4.90. The van der Waals surface area contributed by atoms with E-state index < -0.39 is 0 Å². The zero-order valence-electron chi connectivity index (χ0n) is 18.0. The number of pyridine rings is 1. The van der Waals surface area contributed by atoms with Gasteiger partial charge in [0.2, 0.25) is 0 Å². The summed E-state index contributed by atoms with van der Waals surface area (Å²) in [5.74, 6) is 2.36. The van der Waals surface area contributed by atoms with Crippen molar-refractivity contribution in [2.75, 3.05) is 6.61 Å². The van der Waals surface area contributed by atoms with Gasteiger partial charge in [0, 0.05) is 50.4 Å². The molecule has 5 rings (SSSR count). The summed E-state index contributed by atoms with van der Waals surface area (Å²) in [5.41, 5.74) is 2.64. The van der Waals surface area contributed by atoms with Crippen LogP contribution in [0.4, 0.5) is 0 Å². The number of aromatic amines is 1. The predicted molar refractivity (Wildman–Crippen MR) is 115 cm³/mol. The molecular formula is C22H26N8O. The van der Waals surface area contributed by atoms with Crippen molar-refractivity contribution in [3.8, 4) is 22.9 Å². The van der Waals surface area contributed by atoms with E-state index in [4.69, 9.17) is 14.8 Å². The Morgan fingerprint density at radius 1 is 1.26 bits per heavy atom. The summed E-state index contributed by atoms with van der Waals surface area (Å²) >= 11 is 0. The molecule has 1 atom stereocenters. The van der Waals surface area contributed by atoms with Crippen molar-refractivity contribution in [1.29, 1.82) is 0 Å². The number of H-pyrrole nitrogens is 1. The van der Waals surface area contributed by atoms with Gasteiger partial charge in [0.1, 0.15) is 5.69 Å². The average molecular weight is 419 g/mol. The summed E-state index contributed by atoms with van der Waals surface area (Å²) in [6.07, 6.45) is 11.6. The lowest BCUT2D eigenvalue weighted by Crippen LogP contribution is -2.35. The van der Waals surface area contributed by atoms with Gasteiger partial charge in [-0.2, -0.15) is 10.2 Å². The van der Waals surface area contributed by atoms with Crippen LogP contribution in [0.2, 0.25) is 0 Å². The third-order valence-electron chi connectivity index (χ3n) is 5.57. The van der Waals surface area contributed by atoms with Crippen molar-refractivity contribution in [2.45, 2.75) is 44.8 Å². The van der Waals surface area contributed by atoms with Crippen molar-refractivity contribution in [3.63, 3.8) is 0 Å². The first-order valence-corrected chi connectivity index (χ1v) is 10.5. The largest absolute Gasteiger partial charge is 0.375 e. The van der Waals surface area contributed by atoms with Gasteiger partial charge < -0.3 is 9.72 Å². The van der Waals surface area contributed by atoms with Crippen molar-refractivity contribution < 1.29 is 4.74 Å². The number of aromatic nitrogens is 8. The fourth-order valence-electron chi connectivity index (χ4n) is 4.15. The van der Waals surface area contributed by atoms with Gasteiger partial charge in [-0.05, 0) is 44.4 Å². The van der Waals surface area contributed by atoms with Crippen molar-refractivity contribution in [2.24, 2.45) is 7.05 Å². The van der Waals surface area contributed by atoms with Crippen LogP contribution in [-0.2, 0) is 18.2 Å². The molecule has 0 aliphatic carbocycles. The topological polar surface area (TPSA) is 99.3 Å². The molecule has 5 heterocycles. The van der Waals surface area contributed by atoms with E-state index in [0.717, 1.165) is 47.1 Å². The highest BCUT2D eigenvalue weighted by Gasteiger charge is 2.32. The van der Waals surface area contributed by atoms with E-state index >= 15 is 0 Å². The lowest BCUT2D eigenvalue weighted by molar-refractivity contribution is -0.0706. The van der Waals surface area contributed by atoms with E-state index in [-0.39, 0.29) is 11.6 Å². The second-order valence-electron chi connectivity index (χ2n) is 8.62. The van der Waals surface area contributed by atoms with Gasteiger partial charge in [0.05, 0.1) is 17.8 Å². The third kappa shape index (κ3) is 4.13. The van der Waals surface area contributed by atoms with Crippen LogP contribution in [0.5, 0.6) is 0 Å². The van der Waals surface area contributed by atoms with E-state index in [0.29, 0.717) is 13.0 Å². The van der Waals surface area contributed by atoms with Crippen molar-refractivity contribution in [1.82, 2.24) is 39.5 Å². The molecule has 0 saturated carbocycles. The van der Waals surface area contributed by atoms with E-state index in [1.165, 1.54) is 0 Å². The minimum Gasteiger partial charge on any atom is -0.375 e. The molecule has 1 aliphatic heterocycles. The first-order valence-electron chi connectivity index (χ1n) is 10.5. The maximum Gasteiger partial charge on any atom is 0.158 e. The van der Waals surface area contributed by atoms with Gasteiger partial charge >= 0.3 is 0 Å². The van der Waals surface area contributed by atoms with Crippen LogP contribution in [0.1, 0.15) is 44.1 Å². The zero-order valence-corrected chi connectivity index (χ0v) is 18.0. The monoisotopic (exact) mass is 418 g/mol. The maximum atomic E-state index is 5.94. The van der Waals surface area contributed by atoms with E-state index in [1.807, 2.05) is 31.6 Å². The second-order valence-corrected chi connectivity index (χ2v) is 8.62. The van der Waals surface area contributed by atoms with E-state index in [9.17, 15) is 0 Å². The molecule has 9 heteroatoms. The molecule has 31 heavy (non-hydrogen) atoms. The number of nitrogens with one attached hydrogen (secondary N) is 1. The van der Waals surface area contributed by atoms with Crippen LogP contribution >= 0.6 is 0 Å². The Labute approximate surface area is 180 Å². The normalized spacial score (nSPS) is 18.4. The molecule has 1 unspecified atom stereocenters. The molecule has 0 amide bonds. The highest BCUT2D eigenvalue weighted by molar-refractivity contribution is 5.63. The molecule has 4 aromatic rings. The molecule has 160 valence electrons. The van der Waals surface area contributed by atoms with Gasteiger partial charge in [0.25, 0.3) is 0 Å². The molecule has 0 aromatic carbocycles. The number of hydrogen-bond donors (Lipinski definition) is 1. The molecule has 4 aromatic heterocycles. The van der Waals surface area contributed by atoms with Crippen LogP contribution in [0, 0.1) is 0 Å². The molecule has 1 fully saturated rings. The highest BCUT2D eigenvalue weighted by atomic mass is 16.5. The zero-order chi connectivity index (χ0) is 21.4. The minimum absolute atomic E-state index is 0.187. The summed E-state index contributed by atoms with van der Waals surface area (Å²) in [6.45, 7) is 4.98. The summed E-state index contributed by atoms with van der Waals surface area (Å²) in [6, 6.07) is 4.21. The number of nitrogens with zero attached hydrogens (tertiary/aromatic N) is 7. The van der Waals surface area contributed by atoms with Crippen LogP contribution in [0.15, 0.2) is 43.1 Å². The first-order chi connectivity index (χ1) is 15.0. The van der Waals surface area contributed by atoms with Crippen molar-refractivity contribution >= 4 is 0 Å². The number of ether oxygens (including phenoxy) is 1. The van der Waals surface area contributed by atoms with E-state index in [2.05, 4.69) is 38.6 Å². The second kappa shape index (κ2) is 7.73. The first kappa shape index (κ1) is 19.6. The lowest BCUT2D eigenvalue weighted by atomic mass is 9.94. The molecule has 0 spiro atoms. The smallest absolute Gasteiger partial charge is 0.158 e. The fourth-order valence-corrected chi connectivity index (χ4v) is 4.15. The SMILES string of the molecule is Cn1cc(Cc2nc(-c3ccnc(-c4ncc[nH]4)c3)n(C3CCOC(C)(C)C3)n2)cn1. The molecule has 1 N–H and O–H groups in total. The number of imidazole rings is 1. The van der Waals surface area contributed by atoms with Gasteiger partial charge in [-0.1, -0.05) is 0 Å². The van der Waals surface area contributed by atoms with Crippen LogP contribution < -0.4 is 0 Å². The van der Waals surface area contributed by atoms with E-state index in [1.54, 1.807) is 23.3 Å². The van der Waals surface area contributed by atoms with Gasteiger partial charge in [0.15, 0.2) is 17.5 Å². The number of rotatable bonds is 5.